The van der Waals surface area contributed by atoms with E-state index in [9.17, 15) is 14.7 Å². The summed E-state index contributed by atoms with van der Waals surface area (Å²) in [6.45, 7) is 13.8. The molecule has 2 amide bonds. The Morgan fingerprint density at radius 3 is 2.43 bits per heavy atom. The molecule has 5 aliphatic rings. The van der Waals surface area contributed by atoms with Crippen molar-refractivity contribution in [2.24, 2.45) is 28.6 Å². The molecule has 2 aromatic carbocycles. The maximum Gasteiger partial charge on any atom is 0.251 e. The van der Waals surface area contributed by atoms with E-state index in [0.29, 0.717) is 47.4 Å². The zero-order valence-corrected chi connectivity index (χ0v) is 31.0. The molecule has 4 aliphatic carbocycles. The van der Waals surface area contributed by atoms with E-state index in [4.69, 9.17) is 9.57 Å². The Balaban J connectivity index is 1.35. The second-order valence-electron chi connectivity index (χ2n) is 16.4. The van der Waals surface area contributed by atoms with Gasteiger partial charge in [-0.1, -0.05) is 52.8 Å². The average Bonchev–Trinajstić information content (AvgIpc) is 3.48. The van der Waals surface area contributed by atoms with Crippen LogP contribution in [0.1, 0.15) is 76.7 Å². The molecule has 5 fully saturated rings. The van der Waals surface area contributed by atoms with Gasteiger partial charge < -0.3 is 30.7 Å². The summed E-state index contributed by atoms with van der Waals surface area (Å²) in [5.41, 5.74) is 2.46. The van der Waals surface area contributed by atoms with E-state index in [2.05, 4.69) is 50.6 Å². The summed E-state index contributed by atoms with van der Waals surface area (Å²) in [6, 6.07) is 11.4. The third-order valence-corrected chi connectivity index (χ3v) is 12.6. The van der Waals surface area contributed by atoms with Crippen molar-refractivity contribution < 1.29 is 24.3 Å². The molecule has 1 unspecified atom stereocenters. The quantitative estimate of drug-likeness (QED) is 0.274. The number of nitrogens with zero attached hydrogens (tertiary/aromatic N) is 2. The number of methoxy groups -OCH3 is 1. The highest BCUT2D eigenvalue weighted by Gasteiger charge is 2.78. The number of amides is 2. The number of benzene rings is 2. The maximum atomic E-state index is 14.6. The maximum absolute atomic E-state index is 14.6. The average molecular weight is 676 g/mol. The summed E-state index contributed by atoms with van der Waals surface area (Å²) in [7, 11) is 7.16. The predicted octanol–water partition coefficient (Wildman–Crippen LogP) is 4.60. The number of para-hydroxylation sites is 1. The van der Waals surface area contributed by atoms with Crippen molar-refractivity contribution in [3.8, 4) is 16.9 Å². The molecule has 7 rings (SSSR count). The standard InChI is InChI=1S/C39H57N5O5/c1-22(2)41-19-32-39(21-38(39,6)47)34(36(46)42-31-18-27-17-30(23(31)3)37(27,4)5)44(49-32)20-24-12-11-13-29(33(24)48-10)25-14-26(35(45)40-7)16-28(15-25)43(8)9/h11-16,22-23,27,30-32,34,41,47H,17-21H2,1-10H3,(H,40,45)(H,42,46)/t23-,27+,30-,31-,32-,34+,38?,39+/m0/s1. The van der Waals surface area contributed by atoms with E-state index < -0.39 is 23.2 Å². The van der Waals surface area contributed by atoms with Crippen molar-refractivity contribution in [1.29, 1.82) is 0 Å². The summed E-state index contributed by atoms with van der Waals surface area (Å²) in [4.78, 5) is 36.0. The van der Waals surface area contributed by atoms with E-state index in [0.717, 1.165) is 28.8 Å². The van der Waals surface area contributed by atoms with Crippen molar-refractivity contribution in [3.05, 3.63) is 47.5 Å². The third-order valence-electron chi connectivity index (χ3n) is 12.6. The summed E-state index contributed by atoms with van der Waals surface area (Å²) in [6.07, 6.45) is 2.30. The van der Waals surface area contributed by atoms with Crippen molar-refractivity contribution in [2.45, 2.75) is 97.2 Å². The van der Waals surface area contributed by atoms with Crippen molar-refractivity contribution in [3.63, 3.8) is 0 Å². The number of carbonyl (C=O) groups is 2. The number of anilines is 1. The lowest BCUT2D eigenvalue weighted by Crippen LogP contribution is -2.62. The number of aliphatic hydroxyl groups is 1. The second kappa shape index (κ2) is 12.9. The van der Waals surface area contributed by atoms with E-state index in [1.165, 1.54) is 6.42 Å². The van der Waals surface area contributed by atoms with E-state index >= 15 is 0 Å². The lowest BCUT2D eigenvalue weighted by Gasteiger charge is -2.62. The van der Waals surface area contributed by atoms with Gasteiger partial charge in [-0.15, -0.1) is 0 Å². The van der Waals surface area contributed by atoms with Crippen LogP contribution < -0.4 is 25.6 Å². The molecular formula is C39H57N5O5. The molecule has 2 bridgehead atoms. The molecule has 4 saturated carbocycles. The predicted molar refractivity (Wildman–Crippen MR) is 192 cm³/mol. The van der Waals surface area contributed by atoms with Gasteiger partial charge in [-0.05, 0) is 73.1 Å². The Bertz CT molecular complexity index is 1590. The van der Waals surface area contributed by atoms with Gasteiger partial charge in [-0.3, -0.25) is 14.4 Å². The zero-order valence-electron chi connectivity index (χ0n) is 31.0. The molecular weight excluding hydrogens is 618 g/mol. The second-order valence-corrected chi connectivity index (χ2v) is 16.4. The van der Waals surface area contributed by atoms with Gasteiger partial charge >= 0.3 is 0 Å². The first-order valence-electron chi connectivity index (χ1n) is 18.0. The number of hydroxylamine groups is 2. The molecule has 1 aliphatic heterocycles. The van der Waals surface area contributed by atoms with E-state index in [-0.39, 0.29) is 30.4 Å². The van der Waals surface area contributed by atoms with Crippen LogP contribution in [-0.2, 0) is 16.2 Å². The van der Waals surface area contributed by atoms with Crippen molar-refractivity contribution in [1.82, 2.24) is 21.0 Å². The topological polar surface area (TPSA) is 115 Å². The SMILES string of the molecule is CNC(=O)c1cc(-c2cccc(CN3O[C@@H](CNC(C)C)[C@]4(CC4(C)O)[C@H]3C(=O)N[C@H]3C[C@H]4C[C@@H]([C@@H]3C)C4(C)C)c2OC)cc(N(C)C)c1. The fourth-order valence-electron chi connectivity index (χ4n) is 9.43. The minimum Gasteiger partial charge on any atom is -0.496 e. The van der Waals surface area contributed by atoms with Crippen LogP contribution in [0.2, 0.25) is 0 Å². The van der Waals surface area contributed by atoms with Gasteiger partial charge in [0.15, 0.2) is 0 Å². The molecule has 1 spiro atoms. The van der Waals surface area contributed by atoms with Crippen molar-refractivity contribution in [2.75, 3.05) is 39.7 Å². The number of hydrogen-bond acceptors (Lipinski definition) is 8. The summed E-state index contributed by atoms with van der Waals surface area (Å²) in [5, 5.41) is 23.2. The molecule has 0 radical (unpaired) electrons. The Kier molecular flexibility index (Phi) is 9.35. The fourth-order valence-corrected chi connectivity index (χ4v) is 9.43. The molecule has 1 heterocycles. The number of fused-ring (bicyclic) bond motifs is 2. The van der Waals surface area contributed by atoms with E-state index in [1.807, 2.05) is 62.3 Å². The fraction of sp³-hybridized carbons (Fsp3) is 0.641. The molecule has 1 saturated heterocycles. The van der Waals surface area contributed by atoms with Crippen LogP contribution in [0.5, 0.6) is 5.75 Å². The molecule has 0 aromatic heterocycles. The monoisotopic (exact) mass is 675 g/mol. The minimum atomic E-state index is -1.05. The smallest absolute Gasteiger partial charge is 0.251 e. The number of carbonyl (C=O) groups excluding carboxylic acids is 2. The van der Waals surface area contributed by atoms with Crippen LogP contribution in [-0.4, -0.2) is 86.6 Å². The Labute approximate surface area is 292 Å². The first kappa shape index (κ1) is 35.6. The van der Waals surface area contributed by atoms with Crippen LogP contribution in [0.3, 0.4) is 0 Å². The van der Waals surface area contributed by atoms with Gasteiger partial charge in [-0.2, -0.15) is 5.06 Å². The van der Waals surface area contributed by atoms with Gasteiger partial charge in [0.25, 0.3) is 5.91 Å². The largest absolute Gasteiger partial charge is 0.496 e. The van der Waals surface area contributed by atoms with Crippen LogP contribution in [0.25, 0.3) is 11.1 Å². The number of ether oxygens (including phenoxy) is 1. The minimum absolute atomic E-state index is 0.0789. The van der Waals surface area contributed by atoms with Gasteiger partial charge in [0.1, 0.15) is 17.9 Å². The Morgan fingerprint density at radius 2 is 1.86 bits per heavy atom. The number of hydrogen-bond donors (Lipinski definition) is 4. The normalized spacial score (nSPS) is 32.9. The van der Waals surface area contributed by atoms with Crippen LogP contribution >= 0.6 is 0 Å². The molecule has 10 heteroatoms. The molecule has 2 aromatic rings. The van der Waals surface area contributed by atoms with Gasteiger partial charge in [-0.25, -0.2) is 0 Å². The highest BCUT2D eigenvalue weighted by atomic mass is 16.7. The van der Waals surface area contributed by atoms with Crippen LogP contribution in [0.15, 0.2) is 36.4 Å². The van der Waals surface area contributed by atoms with Gasteiger partial charge in [0.05, 0.1) is 24.7 Å². The molecule has 10 nitrogen and oxygen atoms in total. The van der Waals surface area contributed by atoms with Gasteiger partial charge in [0, 0.05) is 62.1 Å². The van der Waals surface area contributed by atoms with Crippen LogP contribution in [0, 0.1) is 28.6 Å². The molecule has 8 atom stereocenters. The lowest BCUT2D eigenvalue weighted by molar-refractivity contribution is -0.177. The molecule has 4 N–H and O–H groups in total. The summed E-state index contributed by atoms with van der Waals surface area (Å²) in [5.74, 6) is 1.98. The molecule has 268 valence electrons. The van der Waals surface area contributed by atoms with Crippen molar-refractivity contribution >= 4 is 17.5 Å². The summed E-state index contributed by atoms with van der Waals surface area (Å²) < 4.78 is 6.09. The first-order valence-corrected chi connectivity index (χ1v) is 18.0. The highest BCUT2D eigenvalue weighted by Crippen LogP contribution is 2.66. The highest BCUT2D eigenvalue weighted by molar-refractivity contribution is 5.97. The van der Waals surface area contributed by atoms with Crippen LogP contribution in [0.4, 0.5) is 5.69 Å². The Morgan fingerprint density at radius 1 is 1.14 bits per heavy atom. The van der Waals surface area contributed by atoms with E-state index in [1.54, 1.807) is 19.2 Å². The zero-order chi connectivity index (χ0) is 35.6. The first-order chi connectivity index (χ1) is 23.0. The number of nitrogens with one attached hydrogen (secondary N) is 3. The Hall–Kier alpha value is -3.18. The summed E-state index contributed by atoms with van der Waals surface area (Å²) >= 11 is 0. The molecule has 49 heavy (non-hydrogen) atoms. The number of rotatable bonds is 11. The third kappa shape index (κ3) is 6.02. The lowest BCUT2D eigenvalue weighted by atomic mass is 9.45. The van der Waals surface area contributed by atoms with Gasteiger partial charge in [0.2, 0.25) is 5.91 Å².